The summed E-state index contributed by atoms with van der Waals surface area (Å²) in [5, 5.41) is 13.6. The van der Waals surface area contributed by atoms with Crippen molar-refractivity contribution in [3.63, 3.8) is 0 Å². The first-order chi connectivity index (χ1) is 14.0. The van der Waals surface area contributed by atoms with E-state index in [4.69, 9.17) is 18.9 Å². The van der Waals surface area contributed by atoms with Crippen molar-refractivity contribution >= 4 is 32.4 Å². The molecule has 1 aromatic heterocycles. The van der Waals surface area contributed by atoms with Crippen molar-refractivity contribution in [2.45, 2.75) is 0 Å². The minimum atomic E-state index is -0.203. The summed E-state index contributed by atoms with van der Waals surface area (Å²) in [5.74, 6) is 1.63. The average molecular weight is 395 g/mol. The van der Waals surface area contributed by atoms with Crippen molar-refractivity contribution in [1.82, 2.24) is 4.57 Å². The Labute approximate surface area is 166 Å². The van der Waals surface area contributed by atoms with Gasteiger partial charge in [0.2, 0.25) is 5.75 Å². The first-order valence-corrected chi connectivity index (χ1v) is 8.91. The summed E-state index contributed by atoms with van der Waals surface area (Å²) < 4.78 is 23.4. The van der Waals surface area contributed by atoms with E-state index in [1.807, 2.05) is 12.1 Å². The number of nitrogens with zero attached hydrogens (tertiary/aromatic N) is 1. The highest BCUT2D eigenvalue weighted by Crippen LogP contribution is 2.46. The third kappa shape index (κ3) is 2.54. The molecule has 3 aromatic carbocycles. The van der Waals surface area contributed by atoms with Crippen molar-refractivity contribution in [3.05, 3.63) is 40.7 Å². The van der Waals surface area contributed by atoms with Gasteiger partial charge in [-0.25, -0.2) is 0 Å². The molecule has 150 valence electrons. The molecule has 1 N–H and O–H groups in total. The van der Waals surface area contributed by atoms with Gasteiger partial charge in [-0.05, 0) is 23.6 Å². The van der Waals surface area contributed by atoms with E-state index < -0.39 is 0 Å². The third-order valence-electron chi connectivity index (χ3n) is 5.26. The molecule has 7 heteroatoms. The zero-order valence-electron chi connectivity index (χ0n) is 16.8. The first-order valence-electron chi connectivity index (χ1n) is 8.91. The lowest BCUT2D eigenvalue weighted by Gasteiger charge is -2.18. The van der Waals surface area contributed by atoms with Crippen LogP contribution in [0, 0.1) is 0 Å². The standard InChI is InChI=1S/C22H21NO6/c1-23-19-12(7-6-11-8-15(24)16(26-2)9-13(11)19)18-14(22(23)25)10-17(27-3)20(28-4)21(18)29-5/h6-10,24H,1-5H3. The van der Waals surface area contributed by atoms with E-state index in [0.717, 1.165) is 16.2 Å². The Bertz CT molecular complexity index is 1340. The number of ether oxygens (including phenoxy) is 4. The summed E-state index contributed by atoms with van der Waals surface area (Å²) in [5.41, 5.74) is 0.495. The van der Waals surface area contributed by atoms with Crippen LogP contribution in [0.5, 0.6) is 28.7 Å². The molecule has 0 atom stereocenters. The lowest BCUT2D eigenvalue weighted by atomic mass is 9.99. The molecule has 0 radical (unpaired) electrons. The van der Waals surface area contributed by atoms with Crippen LogP contribution >= 0.6 is 0 Å². The number of fused-ring (bicyclic) bond motifs is 5. The zero-order valence-corrected chi connectivity index (χ0v) is 16.8. The van der Waals surface area contributed by atoms with Crippen molar-refractivity contribution in [2.24, 2.45) is 7.05 Å². The van der Waals surface area contributed by atoms with Gasteiger partial charge in [-0.1, -0.05) is 12.1 Å². The SMILES string of the molecule is COc1cc2c(ccc3c4c(OC)c(OC)c(OC)cc4c(=O)n(C)c23)cc1O. The predicted molar refractivity (Wildman–Crippen MR) is 112 cm³/mol. The smallest absolute Gasteiger partial charge is 0.258 e. The Hall–Kier alpha value is -3.61. The van der Waals surface area contributed by atoms with Gasteiger partial charge in [-0.3, -0.25) is 4.79 Å². The first kappa shape index (κ1) is 18.7. The summed E-state index contributed by atoms with van der Waals surface area (Å²) in [7, 11) is 7.77. The molecule has 0 bridgehead atoms. The number of hydrogen-bond acceptors (Lipinski definition) is 6. The van der Waals surface area contributed by atoms with E-state index in [9.17, 15) is 9.90 Å². The van der Waals surface area contributed by atoms with Crippen molar-refractivity contribution in [1.29, 1.82) is 0 Å². The molecule has 0 saturated heterocycles. The van der Waals surface area contributed by atoms with Gasteiger partial charge in [0.15, 0.2) is 23.0 Å². The molecule has 0 unspecified atom stereocenters. The highest BCUT2D eigenvalue weighted by atomic mass is 16.5. The van der Waals surface area contributed by atoms with Crippen LogP contribution in [0.3, 0.4) is 0 Å². The minimum Gasteiger partial charge on any atom is -0.504 e. The van der Waals surface area contributed by atoms with Gasteiger partial charge >= 0.3 is 0 Å². The van der Waals surface area contributed by atoms with Crippen molar-refractivity contribution in [2.75, 3.05) is 28.4 Å². The second-order valence-electron chi connectivity index (χ2n) is 6.64. The van der Waals surface area contributed by atoms with Gasteiger partial charge in [-0.15, -0.1) is 0 Å². The summed E-state index contributed by atoms with van der Waals surface area (Å²) in [6.45, 7) is 0. The molecule has 0 aliphatic heterocycles. The highest BCUT2D eigenvalue weighted by Gasteiger charge is 2.22. The van der Waals surface area contributed by atoms with E-state index in [2.05, 4.69) is 0 Å². The van der Waals surface area contributed by atoms with Gasteiger partial charge in [0, 0.05) is 23.2 Å². The van der Waals surface area contributed by atoms with Gasteiger partial charge in [0.1, 0.15) is 0 Å². The molecule has 0 aliphatic rings. The minimum absolute atomic E-state index is 0.0362. The summed E-state index contributed by atoms with van der Waals surface area (Å²) in [6.07, 6.45) is 0. The number of methoxy groups -OCH3 is 4. The lowest BCUT2D eigenvalue weighted by Crippen LogP contribution is -2.18. The lowest BCUT2D eigenvalue weighted by molar-refractivity contribution is 0.327. The van der Waals surface area contributed by atoms with Crippen LogP contribution in [-0.4, -0.2) is 38.1 Å². The fraction of sp³-hybridized carbons (Fsp3) is 0.227. The molecule has 0 aliphatic carbocycles. The summed E-state index contributed by atoms with van der Waals surface area (Å²) >= 11 is 0. The zero-order chi connectivity index (χ0) is 20.9. The molecular weight excluding hydrogens is 374 g/mol. The maximum absolute atomic E-state index is 13.3. The van der Waals surface area contributed by atoms with Crippen molar-refractivity contribution < 1.29 is 24.1 Å². The molecule has 29 heavy (non-hydrogen) atoms. The quantitative estimate of drug-likeness (QED) is 0.532. The molecule has 7 nitrogen and oxygen atoms in total. The number of phenols is 1. The maximum Gasteiger partial charge on any atom is 0.258 e. The van der Waals surface area contributed by atoms with Crippen molar-refractivity contribution in [3.8, 4) is 28.7 Å². The van der Waals surface area contributed by atoms with Gasteiger partial charge < -0.3 is 28.6 Å². The fourth-order valence-electron chi connectivity index (χ4n) is 3.93. The third-order valence-corrected chi connectivity index (χ3v) is 5.26. The normalized spacial score (nSPS) is 11.2. The van der Waals surface area contributed by atoms with Gasteiger partial charge in [-0.2, -0.15) is 0 Å². The van der Waals surface area contributed by atoms with Gasteiger partial charge in [0.05, 0.1) is 39.3 Å². The van der Waals surface area contributed by atoms with E-state index in [1.165, 1.54) is 28.4 Å². The Kier molecular flexibility index (Phi) is 4.38. The van der Waals surface area contributed by atoms with E-state index in [-0.39, 0.29) is 11.3 Å². The Morgan fingerprint density at radius 2 is 1.45 bits per heavy atom. The molecule has 4 rings (SSSR count). The Morgan fingerprint density at radius 1 is 0.793 bits per heavy atom. The second-order valence-corrected chi connectivity index (χ2v) is 6.64. The largest absolute Gasteiger partial charge is 0.504 e. The van der Waals surface area contributed by atoms with Crippen LogP contribution in [0.1, 0.15) is 0 Å². The maximum atomic E-state index is 13.3. The molecule has 0 spiro atoms. The van der Waals surface area contributed by atoms with Crippen LogP contribution in [0.2, 0.25) is 0 Å². The number of hydrogen-bond donors (Lipinski definition) is 1. The number of aryl methyl sites for hydroxylation is 1. The number of aromatic hydroxyl groups is 1. The monoisotopic (exact) mass is 395 g/mol. The molecular formula is C22H21NO6. The van der Waals surface area contributed by atoms with Crippen LogP contribution in [0.4, 0.5) is 0 Å². The average Bonchev–Trinajstić information content (AvgIpc) is 2.74. The fourth-order valence-corrected chi connectivity index (χ4v) is 3.93. The Balaban J connectivity index is 2.33. The number of aromatic nitrogens is 1. The van der Waals surface area contributed by atoms with E-state index in [0.29, 0.717) is 39.3 Å². The number of rotatable bonds is 4. The summed E-state index contributed by atoms with van der Waals surface area (Å²) in [4.78, 5) is 13.3. The van der Waals surface area contributed by atoms with Crippen LogP contribution in [0.25, 0.3) is 32.4 Å². The van der Waals surface area contributed by atoms with E-state index in [1.54, 1.807) is 29.8 Å². The predicted octanol–water partition coefficient (Wildman–Crippen LogP) is 3.58. The van der Waals surface area contributed by atoms with Gasteiger partial charge in [0.25, 0.3) is 5.56 Å². The molecule has 0 amide bonds. The topological polar surface area (TPSA) is 79.2 Å². The van der Waals surface area contributed by atoms with Crippen LogP contribution in [-0.2, 0) is 7.05 Å². The van der Waals surface area contributed by atoms with Crippen LogP contribution in [0.15, 0.2) is 35.1 Å². The second kappa shape index (κ2) is 6.77. The Morgan fingerprint density at radius 3 is 2.07 bits per heavy atom. The number of benzene rings is 3. The molecule has 0 fully saturated rings. The van der Waals surface area contributed by atoms with Crippen LogP contribution < -0.4 is 24.5 Å². The number of pyridine rings is 1. The van der Waals surface area contributed by atoms with E-state index >= 15 is 0 Å². The summed E-state index contributed by atoms with van der Waals surface area (Å²) in [6, 6.07) is 8.80. The number of phenolic OH excluding ortho intramolecular Hbond substituents is 1. The highest BCUT2D eigenvalue weighted by molar-refractivity contribution is 6.18. The molecule has 1 heterocycles. The molecule has 4 aromatic rings. The molecule has 0 saturated carbocycles.